The van der Waals surface area contributed by atoms with Gasteiger partial charge in [-0.2, -0.15) is 0 Å². The topological polar surface area (TPSA) is 49.4 Å². The minimum atomic E-state index is -3.60. The Balaban J connectivity index is 0.00000169. The van der Waals surface area contributed by atoms with E-state index < -0.39 is 7.60 Å². The van der Waals surface area contributed by atoms with Crippen LogP contribution in [0.3, 0.4) is 0 Å². The molecule has 0 fully saturated rings. The van der Waals surface area contributed by atoms with Crippen LogP contribution in [0.4, 0.5) is 0 Å². The molecule has 0 heterocycles. The molecule has 14 heavy (non-hydrogen) atoms. The van der Waals surface area contributed by atoms with Gasteiger partial charge in [-0.25, -0.2) is 0 Å². The van der Waals surface area contributed by atoms with Crippen molar-refractivity contribution in [2.75, 3.05) is 6.66 Å². The van der Waals surface area contributed by atoms with Crippen molar-refractivity contribution in [1.82, 2.24) is 0 Å². The van der Waals surface area contributed by atoms with E-state index in [9.17, 15) is 9.46 Å². The van der Waals surface area contributed by atoms with Crippen LogP contribution in [0.25, 0.3) is 0 Å². The Morgan fingerprint density at radius 3 is 2.36 bits per heavy atom. The van der Waals surface area contributed by atoms with E-state index in [0.29, 0.717) is 0 Å². The molecular weight excluding hydrogens is 278 g/mol. The molecule has 0 N–H and O–H groups in total. The second kappa shape index (κ2) is 6.44. The largest absolute Gasteiger partial charge is 1.00 e. The van der Waals surface area contributed by atoms with Crippen molar-refractivity contribution in [3.05, 3.63) is 34.3 Å². The summed E-state index contributed by atoms with van der Waals surface area (Å²) in [6, 6.07) is 7.29. The molecule has 1 unspecified atom stereocenters. The summed E-state index contributed by atoms with van der Waals surface area (Å²) in [7, 11) is -3.60. The predicted molar refractivity (Wildman–Crippen MR) is 52.5 cm³/mol. The Labute approximate surface area is 114 Å². The van der Waals surface area contributed by atoms with E-state index in [0.717, 1.165) is 16.7 Å². The molecule has 1 rings (SSSR count). The Morgan fingerprint density at radius 2 is 1.93 bits per heavy atom. The molecule has 0 amide bonds. The van der Waals surface area contributed by atoms with E-state index in [1.165, 1.54) is 0 Å². The average Bonchev–Trinajstić information content (AvgIpc) is 2.02. The van der Waals surface area contributed by atoms with Crippen LogP contribution >= 0.6 is 23.5 Å². The summed E-state index contributed by atoms with van der Waals surface area (Å²) < 4.78 is 16.3. The first-order chi connectivity index (χ1) is 5.97. The van der Waals surface area contributed by atoms with Crippen LogP contribution < -0.4 is 34.5 Å². The number of benzene rings is 1. The average molecular weight is 287 g/mol. The third-order valence-electron chi connectivity index (χ3n) is 1.38. The summed E-state index contributed by atoms with van der Waals surface area (Å²) >= 11 is 3.28. The monoisotopic (exact) mass is 286 g/mol. The quantitative estimate of drug-likeness (QED) is 0.537. The minimum absolute atomic E-state index is 0. The zero-order chi connectivity index (χ0) is 9.90. The fourth-order valence-electron chi connectivity index (χ4n) is 0.772. The zero-order valence-electron chi connectivity index (χ0n) is 8.07. The van der Waals surface area contributed by atoms with Crippen molar-refractivity contribution in [2.45, 2.75) is 6.61 Å². The third-order valence-corrected chi connectivity index (χ3v) is 2.51. The summed E-state index contributed by atoms with van der Waals surface area (Å²) in [6.45, 7) is 1.16. The second-order valence-corrected chi connectivity index (χ2v) is 5.39. The maximum absolute atomic E-state index is 10.7. The van der Waals surface area contributed by atoms with Gasteiger partial charge in [0, 0.05) is 11.1 Å². The van der Waals surface area contributed by atoms with E-state index in [1.807, 2.05) is 12.1 Å². The molecular formula is C8H9BrNaO3P. The van der Waals surface area contributed by atoms with Crippen molar-refractivity contribution in [2.24, 2.45) is 0 Å². The SMILES string of the molecule is CP(=O)([O-])OCc1ccc(Br)cc1.[Na+]. The first kappa shape index (κ1) is 14.8. The number of halogens is 1. The van der Waals surface area contributed by atoms with Crippen LogP contribution in [0, 0.1) is 0 Å². The van der Waals surface area contributed by atoms with Crippen LogP contribution in [0.2, 0.25) is 0 Å². The fraction of sp³-hybridized carbons (Fsp3) is 0.250. The summed E-state index contributed by atoms with van der Waals surface area (Å²) in [4.78, 5) is 10.7. The minimum Gasteiger partial charge on any atom is -0.779 e. The van der Waals surface area contributed by atoms with Gasteiger partial charge in [-0.3, -0.25) is 0 Å². The van der Waals surface area contributed by atoms with Crippen molar-refractivity contribution in [1.29, 1.82) is 0 Å². The van der Waals surface area contributed by atoms with Gasteiger partial charge < -0.3 is 14.0 Å². The normalized spacial score (nSPS) is 14.2. The maximum Gasteiger partial charge on any atom is 1.00 e. The molecule has 0 aliphatic heterocycles. The standard InChI is InChI=1S/C8H10BrO3P.Na/c1-13(10,11)12-6-7-2-4-8(9)5-3-7;/h2-5H,6H2,1H3,(H,10,11);/q;+1/p-1. The van der Waals surface area contributed by atoms with Crippen molar-refractivity contribution < 1.29 is 43.5 Å². The van der Waals surface area contributed by atoms with E-state index in [1.54, 1.807) is 12.1 Å². The molecule has 0 saturated heterocycles. The van der Waals surface area contributed by atoms with Gasteiger partial charge in [0.05, 0.1) is 6.61 Å². The van der Waals surface area contributed by atoms with Crippen LogP contribution in [-0.2, 0) is 15.7 Å². The molecule has 0 aliphatic carbocycles. The smallest absolute Gasteiger partial charge is 0.779 e. The zero-order valence-corrected chi connectivity index (χ0v) is 12.5. The second-order valence-electron chi connectivity index (χ2n) is 2.67. The molecule has 1 aromatic rings. The van der Waals surface area contributed by atoms with Gasteiger partial charge in [0.2, 0.25) is 0 Å². The Kier molecular flexibility index (Phi) is 6.83. The molecule has 0 aliphatic rings. The fourth-order valence-corrected chi connectivity index (χ4v) is 1.42. The molecule has 0 radical (unpaired) electrons. The van der Waals surface area contributed by atoms with Gasteiger partial charge in [-0.1, -0.05) is 28.1 Å². The van der Waals surface area contributed by atoms with E-state index in [-0.39, 0.29) is 36.2 Å². The molecule has 0 aromatic heterocycles. The van der Waals surface area contributed by atoms with Gasteiger partial charge in [0.15, 0.2) is 0 Å². The maximum atomic E-state index is 10.7. The molecule has 6 heteroatoms. The van der Waals surface area contributed by atoms with E-state index in [2.05, 4.69) is 20.5 Å². The van der Waals surface area contributed by atoms with Gasteiger partial charge in [-0.05, 0) is 17.7 Å². The molecule has 1 aromatic carbocycles. The molecule has 3 nitrogen and oxygen atoms in total. The Bertz CT molecular complexity index is 322. The number of hydrogen-bond donors (Lipinski definition) is 0. The molecule has 1 atom stereocenters. The molecule has 72 valence electrons. The van der Waals surface area contributed by atoms with Gasteiger partial charge in [-0.15, -0.1) is 0 Å². The van der Waals surface area contributed by atoms with E-state index >= 15 is 0 Å². The first-order valence-electron chi connectivity index (χ1n) is 3.65. The van der Waals surface area contributed by atoms with Crippen molar-refractivity contribution in [3.8, 4) is 0 Å². The van der Waals surface area contributed by atoms with E-state index in [4.69, 9.17) is 0 Å². The van der Waals surface area contributed by atoms with Crippen LogP contribution in [-0.4, -0.2) is 6.66 Å². The van der Waals surface area contributed by atoms with Gasteiger partial charge >= 0.3 is 29.6 Å². The summed E-state index contributed by atoms with van der Waals surface area (Å²) in [6.07, 6.45) is 0. The number of rotatable bonds is 3. The predicted octanol–water partition coefficient (Wildman–Crippen LogP) is -0.847. The van der Waals surface area contributed by atoms with Crippen LogP contribution in [0.5, 0.6) is 0 Å². The van der Waals surface area contributed by atoms with Gasteiger partial charge in [0.25, 0.3) is 0 Å². The Hall–Kier alpha value is 0.850. The van der Waals surface area contributed by atoms with Crippen LogP contribution in [0.15, 0.2) is 28.7 Å². The summed E-state index contributed by atoms with van der Waals surface area (Å²) in [5, 5.41) is 0. The molecule has 0 spiro atoms. The molecule has 0 bridgehead atoms. The van der Waals surface area contributed by atoms with Crippen molar-refractivity contribution >= 4 is 23.5 Å². The van der Waals surface area contributed by atoms with Crippen molar-refractivity contribution in [3.63, 3.8) is 0 Å². The third kappa shape index (κ3) is 6.36. The van der Waals surface area contributed by atoms with Gasteiger partial charge in [0.1, 0.15) is 7.60 Å². The summed E-state index contributed by atoms with van der Waals surface area (Å²) in [5.74, 6) is 0. The first-order valence-corrected chi connectivity index (χ1v) is 6.43. The Morgan fingerprint density at radius 1 is 1.43 bits per heavy atom. The molecule has 0 saturated carbocycles. The summed E-state index contributed by atoms with van der Waals surface area (Å²) in [5.41, 5.74) is 0.834. The number of hydrogen-bond acceptors (Lipinski definition) is 3. The van der Waals surface area contributed by atoms with Crippen LogP contribution in [0.1, 0.15) is 5.56 Å².